The minimum Gasteiger partial charge on any atom is -0.446 e. The van der Waals surface area contributed by atoms with E-state index in [9.17, 15) is 9.59 Å². The summed E-state index contributed by atoms with van der Waals surface area (Å²) in [5, 5.41) is 2.75. The summed E-state index contributed by atoms with van der Waals surface area (Å²) < 4.78 is 7.11. The van der Waals surface area contributed by atoms with E-state index in [0.29, 0.717) is 18.9 Å². The van der Waals surface area contributed by atoms with Gasteiger partial charge in [0.25, 0.3) is 11.8 Å². The fourth-order valence-electron chi connectivity index (χ4n) is 2.93. The van der Waals surface area contributed by atoms with Crippen molar-refractivity contribution >= 4 is 28.8 Å². The maximum atomic E-state index is 12.5. The predicted molar refractivity (Wildman–Crippen MR) is 103 cm³/mol. The van der Waals surface area contributed by atoms with Crippen LogP contribution in [0.25, 0.3) is 11.0 Å². The number of nitrogens with one attached hydrogen (secondary N) is 1. The molecule has 1 aromatic carbocycles. The topological polar surface area (TPSA) is 116 Å². The summed E-state index contributed by atoms with van der Waals surface area (Å²) in [5.74, 6) is -0.950. The van der Waals surface area contributed by atoms with Gasteiger partial charge in [-0.05, 0) is 36.4 Å². The molecule has 3 heterocycles. The number of carbonyl (C=O) groups excluding carboxylic acids is 2. The number of anilines is 1. The van der Waals surface area contributed by atoms with Crippen molar-refractivity contribution in [2.45, 2.75) is 13.0 Å². The molecule has 0 aliphatic rings. The molecule has 4 rings (SSSR count). The van der Waals surface area contributed by atoms with E-state index >= 15 is 0 Å². The molecular formula is C20H17N5O3. The molecule has 0 aliphatic carbocycles. The minimum atomic E-state index is -0.735. The van der Waals surface area contributed by atoms with Crippen LogP contribution in [0.5, 0.6) is 0 Å². The van der Waals surface area contributed by atoms with E-state index in [1.807, 2.05) is 47.0 Å². The first-order valence-electron chi connectivity index (χ1n) is 8.68. The standard InChI is InChI=1S/C20H17N5O3/c21-18(26)16-8-9-17(28-16)19(27)24-20-23-14-6-1-2-7-15(14)25(20)12-10-13-5-3-4-11-22-13/h1-9,11H,10,12H2,(H2,21,26)(H,23,24,27). The Labute approximate surface area is 160 Å². The smallest absolute Gasteiger partial charge is 0.293 e. The number of hydrogen-bond donors (Lipinski definition) is 2. The van der Waals surface area contributed by atoms with E-state index in [4.69, 9.17) is 10.2 Å². The van der Waals surface area contributed by atoms with Crippen LogP contribution >= 0.6 is 0 Å². The summed E-state index contributed by atoms with van der Waals surface area (Å²) in [6.45, 7) is 0.581. The van der Waals surface area contributed by atoms with Crippen LogP contribution in [0.3, 0.4) is 0 Å². The van der Waals surface area contributed by atoms with Crippen molar-refractivity contribution < 1.29 is 14.0 Å². The number of nitrogens with two attached hydrogens (primary N) is 1. The number of imidazole rings is 1. The van der Waals surface area contributed by atoms with E-state index < -0.39 is 11.8 Å². The molecule has 0 spiro atoms. The maximum absolute atomic E-state index is 12.5. The molecule has 8 heteroatoms. The zero-order valence-corrected chi connectivity index (χ0v) is 14.8. The van der Waals surface area contributed by atoms with Crippen LogP contribution in [-0.4, -0.2) is 26.3 Å². The van der Waals surface area contributed by atoms with Gasteiger partial charge >= 0.3 is 0 Å². The van der Waals surface area contributed by atoms with Crippen LogP contribution in [0, 0.1) is 0 Å². The van der Waals surface area contributed by atoms with Crippen LogP contribution in [0.15, 0.2) is 65.2 Å². The maximum Gasteiger partial charge on any atom is 0.293 e. The Morgan fingerprint density at radius 3 is 2.57 bits per heavy atom. The first kappa shape index (κ1) is 17.5. The highest BCUT2D eigenvalue weighted by atomic mass is 16.4. The lowest BCUT2D eigenvalue weighted by molar-refractivity contribution is 0.0959. The molecule has 0 atom stereocenters. The molecule has 140 valence electrons. The number of furan rings is 1. The Bertz CT molecular complexity index is 1150. The van der Waals surface area contributed by atoms with Crippen LogP contribution in [-0.2, 0) is 13.0 Å². The van der Waals surface area contributed by atoms with E-state index in [2.05, 4.69) is 15.3 Å². The van der Waals surface area contributed by atoms with E-state index in [1.54, 1.807) is 6.20 Å². The number of hydrogen-bond acceptors (Lipinski definition) is 5. The molecule has 0 bridgehead atoms. The third-order valence-corrected chi connectivity index (χ3v) is 4.27. The fraction of sp³-hybridized carbons (Fsp3) is 0.100. The van der Waals surface area contributed by atoms with E-state index in [1.165, 1.54) is 12.1 Å². The summed E-state index contributed by atoms with van der Waals surface area (Å²) in [5.41, 5.74) is 7.76. The lowest BCUT2D eigenvalue weighted by Gasteiger charge is -2.09. The number of amides is 2. The van der Waals surface area contributed by atoms with E-state index in [-0.39, 0.29) is 11.5 Å². The highest BCUT2D eigenvalue weighted by Gasteiger charge is 2.18. The van der Waals surface area contributed by atoms with Crippen molar-refractivity contribution in [3.05, 3.63) is 78.0 Å². The second-order valence-electron chi connectivity index (χ2n) is 6.13. The minimum absolute atomic E-state index is 0.0165. The molecule has 3 aromatic heterocycles. The number of fused-ring (bicyclic) bond motifs is 1. The Kier molecular flexibility index (Phi) is 4.59. The second-order valence-corrected chi connectivity index (χ2v) is 6.13. The number of aryl methyl sites for hydroxylation is 2. The SMILES string of the molecule is NC(=O)c1ccc(C(=O)Nc2nc3ccccc3n2CCc2ccccn2)o1. The summed E-state index contributed by atoms with van der Waals surface area (Å²) in [6.07, 6.45) is 2.42. The van der Waals surface area contributed by atoms with Crippen molar-refractivity contribution in [2.75, 3.05) is 5.32 Å². The Hall–Kier alpha value is -3.94. The van der Waals surface area contributed by atoms with Gasteiger partial charge in [0.1, 0.15) is 0 Å². The van der Waals surface area contributed by atoms with Gasteiger partial charge in [-0.15, -0.1) is 0 Å². The number of carbonyl (C=O) groups is 2. The van der Waals surface area contributed by atoms with Crippen LogP contribution < -0.4 is 11.1 Å². The molecule has 0 fully saturated rings. The predicted octanol–water partition coefficient (Wildman–Crippen LogP) is 2.62. The third kappa shape index (κ3) is 3.48. The number of aromatic nitrogens is 3. The summed E-state index contributed by atoms with van der Waals surface area (Å²) in [6, 6.07) is 16.1. The van der Waals surface area contributed by atoms with Gasteiger partial charge in [0, 0.05) is 24.9 Å². The third-order valence-electron chi connectivity index (χ3n) is 4.27. The normalized spacial score (nSPS) is 10.9. The molecule has 0 unspecified atom stereocenters. The Balaban J connectivity index is 1.62. The first-order valence-corrected chi connectivity index (χ1v) is 8.68. The number of rotatable bonds is 6. The van der Waals surface area contributed by atoms with Gasteiger partial charge in [0.2, 0.25) is 5.95 Å². The number of nitrogens with zero attached hydrogens (tertiary/aromatic N) is 3. The average molecular weight is 375 g/mol. The summed E-state index contributed by atoms with van der Waals surface area (Å²) in [7, 11) is 0. The zero-order valence-electron chi connectivity index (χ0n) is 14.8. The molecule has 0 aliphatic heterocycles. The molecule has 3 N–H and O–H groups in total. The second kappa shape index (κ2) is 7.36. The molecular weight excluding hydrogens is 358 g/mol. The van der Waals surface area contributed by atoms with Crippen molar-refractivity contribution in [1.82, 2.24) is 14.5 Å². The zero-order chi connectivity index (χ0) is 19.5. The monoisotopic (exact) mass is 375 g/mol. The van der Waals surface area contributed by atoms with Crippen molar-refractivity contribution in [2.24, 2.45) is 5.73 Å². The van der Waals surface area contributed by atoms with Gasteiger partial charge in [0.05, 0.1) is 11.0 Å². The lowest BCUT2D eigenvalue weighted by atomic mass is 10.2. The van der Waals surface area contributed by atoms with Crippen molar-refractivity contribution in [3.8, 4) is 0 Å². The van der Waals surface area contributed by atoms with Gasteiger partial charge < -0.3 is 14.7 Å². The number of primary amides is 1. The van der Waals surface area contributed by atoms with Gasteiger partial charge in [-0.3, -0.25) is 19.9 Å². The molecule has 0 saturated carbocycles. The fourth-order valence-corrected chi connectivity index (χ4v) is 2.93. The molecule has 4 aromatic rings. The summed E-state index contributed by atoms with van der Waals surface area (Å²) >= 11 is 0. The molecule has 8 nitrogen and oxygen atoms in total. The van der Waals surface area contributed by atoms with Crippen molar-refractivity contribution in [1.29, 1.82) is 0 Å². The van der Waals surface area contributed by atoms with Crippen LogP contribution in [0.2, 0.25) is 0 Å². The number of pyridine rings is 1. The van der Waals surface area contributed by atoms with Crippen molar-refractivity contribution in [3.63, 3.8) is 0 Å². The summed E-state index contributed by atoms with van der Waals surface area (Å²) in [4.78, 5) is 32.5. The largest absolute Gasteiger partial charge is 0.446 e. The molecule has 2 amide bonds. The molecule has 0 saturated heterocycles. The quantitative estimate of drug-likeness (QED) is 0.537. The molecule has 0 radical (unpaired) electrons. The number of benzene rings is 1. The van der Waals surface area contributed by atoms with Gasteiger partial charge in [0.15, 0.2) is 11.5 Å². The van der Waals surface area contributed by atoms with Gasteiger partial charge in [-0.25, -0.2) is 4.98 Å². The van der Waals surface area contributed by atoms with Crippen LogP contribution in [0.1, 0.15) is 26.8 Å². The van der Waals surface area contributed by atoms with E-state index in [0.717, 1.165) is 16.7 Å². The lowest BCUT2D eigenvalue weighted by Crippen LogP contribution is -2.16. The molecule has 28 heavy (non-hydrogen) atoms. The Morgan fingerprint density at radius 2 is 1.82 bits per heavy atom. The number of para-hydroxylation sites is 2. The van der Waals surface area contributed by atoms with Gasteiger partial charge in [-0.1, -0.05) is 18.2 Å². The Morgan fingerprint density at radius 1 is 1.04 bits per heavy atom. The van der Waals surface area contributed by atoms with Crippen LogP contribution in [0.4, 0.5) is 5.95 Å². The average Bonchev–Trinajstić information content (AvgIpc) is 3.32. The highest BCUT2D eigenvalue weighted by Crippen LogP contribution is 2.21. The van der Waals surface area contributed by atoms with Gasteiger partial charge in [-0.2, -0.15) is 0 Å². The first-order chi connectivity index (χ1) is 13.6. The highest BCUT2D eigenvalue weighted by molar-refractivity contribution is 6.03.